The smallest absolute Gasteiger partial charge is 0.223 e. The van der Waals surface area contributed by atoms with Crippen molar-refractivity contribution in [3.63, 3.8) is 0 Å². The van der Waals surface area contributed by atoms with Crippen LogP contribution in [0.15, 0.2) is 41.0 Å². The summed E-state index contributed by atoms with van der Waals surface area (Å²) >= 11 is 12.1. The van der Waals surface area contributed by atoms with Gasteiger partial charge in [-0.1, -0.05) is 23.2 Å². The standard InChI is InChI=1S/C16H16Cl2N2O3/c1-11(21)20(15-9-12(17)4-5-14(15)18)7-6-16(22)19-10-13-3-2-8-23-13/h2-5,8-9H,6-7,10H2,1H3,(H,19,22). The van der Waals surface area contributed by atoms with Crippen LogP contribution < -0.4 is 10.2 Å². The molecule has 0 saturated heterocycles. The lowest BCUT2D eigenvalue weighted by atomic mass is 10.2. The Kier molecular flexibility index (Phi) is 6.07. The van der Waals surface area contributed by atoms with Crippen LogP contribution in [0.2, 0.25) is 10.0 Å². The molecule has 5 nitrogen and oxygen atoms in total. The maximum Gasteiger partial charge on any atom is 0.223 e. The minimum absolute atomic E-state index is 0.142. The summed E-state index contributed by atoms with van der Waals surface area (Å²) in [7, 11) is 0. The number of rotatable bonds is 6. The van der Waals surface area contributed by atoms with E-state index >= 15 is 0 Å². The molecule has 0 atom stereocenters. The molecule has 0 unspecified atom stereocenters. The molecule has 0 fully saturated rings. The van der Waals surface area contributed by atoms with E-state index in [2.05, 4.69) is 5.32 Å². The maximum atomic E-state index is 11.9. The molecule has 2 aromatic rings. The van der Waals surface area contributed by atoms with Gasteiger partial charge in [-0.05, 0) is 30.3 Å². The fourth-order valence-electron chi connectivity index (χ4n) is 2.04. The monoisotopic (exact) mass is 354 g/mol. The van der Waals surface area contributed by atoms with Crippen LogP contribution in [-0.2, 0) is 16.1 Å². The third-order valence-electron chi connectivity index (χ3n) is 3.18. The highest BCUT2D eigenvalue weighted by atomic mass is 35.5. The Bertz CT molecular complexity index is 687. The SMILES string of the molecule is CC(=O)N(CCC(=O)NCc1ccco1)c1cc(Cl)ccc1Cl. The van der Waals surface area contributed by atoms with Crippen LogP contribution in [0.5, 0.6) is 0 Å². The Morgan fingerprint density at radius 3 is 2.70 bits per heavy atom. The molecule has 0 bridgehead atoms. The average molecular weight is 355 g/mol. The third kappa shape index (κ3) is 5.01. The molecule has 23 heavy (non-hydrogen) atoms. The second-order valence-corrected chi connectivity index (χ2v) is 5.72. The number of nitrogens with one attached hydrogen (secondary N) is 1. The second kappa shape index (κ2) is 8.04. The van der Waals surface area contributed by atoms with Gasteiger partial charge in [0.25, 0.3) is 0 Å². The highest BCUT2D eigenvalue weighted by Crippen LogP contribution is 2.29. The number of anilines is 1. The van der Waals surface area contributed by atoms with E-state index < -0.39 is 0 Å². The molecule has 0 spiro atoms. The molecule has 1 N–H and O–H groups in total. The number of nitrogens with zero attached hydrogens (tertiary/aromatic N) is 1. The number of benzene rings is 1. The second-order valence-electron chi connectivity index (χ2n) is 4.87. The van der Waals surface area contributed by atoms with Crippen LogP contribution in [-0.4, -0.2) is 18.4 Å². The molecule has 2 rings (SSSR count). The Balaban J connectivity index is 1.96. The summed E-state index contributed by atoms with van der Waals surface area (Å²) in [6.07, 6.45) is 1.68. The largest absolute Gasteiger partial charge is 0.467 e. The predicted octanol–water partition coefficient (Wildman–Crippen LogP) is 3.65. The lowest BCUT2D eigenvalue weighted by Gasteiger charge is -2.22. The molecular formula is C16H16Cl2N2O3. The zero-order chi connectivity index (χ0) is 16.8. The van der Waals surface area contributed by atoms with E-state index in [0.717, 1.165) is 0 Å². The van der Waals surface area contributed by atoms with Crippen molar-refractivity contribution in [3.05, 3.63) is 52.4 Å². The van der Waals surface area contributed by atoms with Gasteiger partial charge in [-0.3, -0.25) is 9.59 Å². The number of halogens is 2. The molecule has 1 aromatic heterocycles. The number of carbonyl (C=O) groups is 2. The fourth-order valence-corrected chi connectivity index (χ4v) is 2.43. The van der Waals surface area contributed by atoms with Gasteiger partial charge in [-0.25, -0.2) is 0 Å². The first-order valence-corrected chi connectivity index (χ1v) is 7.75. The van der Waals surface area contributed by atoms with Gasteiger partial charge in [-0.2, -0.15) is 0 Å². The number of furan rings is 1. The molecule has 2 amide bonds. The molecule has 1 heterocycles. The number of hydrogen-bond donors (Lipinski definition) is 1. The van der Waals surface area contributed by atoms with Gasteiger partial charge in [0, 0.05) is 24.9 Å². The summed E-state index contributed by atoms with van der Waals surface area (Å²) in [6.45, 7) is 1.93. The first kappa shape index (κ1) is 17.4. The highest BCUT2D eigenvalue weighted by Gasteiger charge is 2.16. The Morgan fingerprint density at radius 1 is 1.26 bits per heavy atom. The zero-order valence-electron chi connectivity index (χ0n) is 12.5. The summed E-state index contributed by atoms with van der Waals surface area (Å²) in [5.74, 6) is 0.262. The van der Waals surface area contributed by atoms with Crippen LogP contribution in [0.4, 0.5) is 5.69 Å². The summed E-state index contributed by atoms with van der Waals surface area (Å²) in [4.78, 5) is 25.2. The van der Waals surface area contributed by atoms with E-state index in [-0.39, 0.29) is 24.8 Å². The van der Waals surface area contributed by atoms with Gasteiger partial charge in [0.05, 0.1) is 23.5 Å². The molecular weight excluding hydrogens is 339 g/mol. The predicted molar refractivity (Wildman–Crippen MR) is 89.7 cm³/mol. The van der Waals surface area contributed by atoms with Crippen molar-refractivity contribution in [2.45, 2.75) is 19.9 Å². The van der Waals surface area contributed by atoms with Crippen molar-refractivity contribution < 1.29 is 14.0 Å². The molecule has 0 aliphatic rings. The van der Waals surface area contributed by atoms with Crippen molar-refractivity contribution >= 4 is 40.7 Å². The van der Waals surface area contributed by atoms with Crippen molar-refractivity contribution in [3.8, 4) is 0 Å². The quantitative estimate of drug-likeness (QED) is 0.861. The third-order valence-corrected chi connectivity index (χ3v) is 3.74. The lowest BCUT2D eigenvalue weighted by molar-refractivity contribution is -0.121. The van der Waals surface area contributed by atoms with E-state index in [1.165, 1.54) is 11.8 Å². The van der Waals surface area contributed by atoms with Crippen molar-refractivity contribution in [2.24, 2.45) is 0 Å². The topological polar surface area (TPSA) is 62.6 Å². The number of carbonyl (C=O) groups excluding carboxylic acids is 2. The number of amides is 2. The van der Waals surface area contributed by atoms with Crippen molar-refractivity contribution in [2.75, 3.05) is 11.4 Å². The van der Waals surface area contributed by atoms with E-state index in [1.54, 1.807) is 36.6 Å². The van der Waals surface area contributed by atoms with E-state index in [4.69, 9.17) is 27.6 Å². The van der Waals surface area contributed by atoms with Crippen molar-refractivity contribution in [1.82, 2.24) is 5.32 Å². The van der Waals surface area contributed by atoms with Gasteiger partial charge in [0.1, 0.15) is 5.76 Å². The molecule has 7 heteroatoms. The maximum absolute atomic E-state index is 11.9. The lowest BCUT2D eigenvalue weighted by Crippen LogP contribution is -2.33. The van der Waals surface area contributed by atoms with Gasteiger partial charge >= 0.3 is 0 Å². The van der Waals surface area contributed by atoms with Gasteiger partial charge in [0.2, 0.25) is 11.8 Å². The molecule has 122 valence electrons. The van der Waals surface area contributed by atoms with Crippen LogP contribution in [0.25, 0.3) is 0 Å². The minimum atomic E-state index is -0.215. The Hall–Kier alpha value is -1.98. The summed E-state index contributed by atoms with van der Waals surface area (Å²) in [5.41, 5.74) is 0.491. The zero-order valence-corrected chi connectivity index (χ0v) is 14.0. The molecule has 0 radical (unpaired) electrons. The number of hydrogen-bond acceptors (Lipinski definition) is 3. The van der Waals surface area contributed by atoms with Gasteiger partial charge in [0.15, 0.2) is 0 Å². The average Bonchev–Trinajstić information content (AvgIpc) is 3.02. The minimum Gasteiger partial charge on any atom is -0.467 e. The molecule has 0 aliphatic heterocycles. The van der Waals surface area contributed by atoms with Crippen molar-refractivity contribution in [1.29, 1.82) is 0 Å². The summed E-state index contributed by atoms with van der Waals surface area (Å²) < 4.78 is 5.13. The van der Waals surface area contributed by atoms with Crippen LogP contribution in [0, 0.1) is 0 Å². The fraction of sp³-hybridized carbons (Fsp3) is 0.250. The highest BCUT2D eigenvalue weighted by molar-refractivity contribution is 6.35. The first-order valence-electron chi connectivity index (χ1n) is 6.99. The van der Waals surface area contributed by atoms with Crippen LogP contribution in [0.3, 0.4) is 0 Å². The van der Waals surface area contributed by atoms with Gasteiger partial charge in [-0.15, -0.1) is 0 Å². The molecule has 1 aromatic carbocycles. The molecule has 0 aliphatic carbocycles. The van der Waals surface area contributed by atoms with E-state index in [0.29, 0.717) is 28.0 Å². The normalized spacial score (nSPS) is 10.4. The summed E-state index contributed by atoms with van der Waals surface area (Å²) in [5, 5.41) is 3.60. The van der Waals surface area contributed by atoms with E-state index in [9.17, 15) is 9.59 Å². The van der Waals surface area contributed by atoms with Gasteiger partial charge < -0.3 is 14.6 Å². The summed E-state index contributed by atoms with van der Waals surface area (Å²) in [6, 6.07) is 8.38. The van der Waals surface area contributed by atoms with Crippen LogP contribution >= 0.6 is 23.2 Å². The van der Waals surface area contributed by atoms with E-state index in [1.807, 2.05) is 0 Å². The first-order chi connectivity index (χ1) is 11.0. The Labute approximate surface area is 144 Å². The molecule has 0 saturated carbocycles. The van der Waals surface area contributed by atoms with Crippen LogP contribution in [0.1, 0.15) is 19.1 Å². The Morgan fingerprint density at radius 2 is 2.04 bits per heavy atom.